The number of nitrogens with zero attached hydrogens (tertiary/aromatic N) is 2. The van der Waals surface area contributed by atoms with Gasteiger partial charge in [-0.1, -0.05) is 23.8 Å². The Morgan fingerprint density at radius 1 is 0.929 bits per heavy atom. The molecule has 28 heavy (non-hydrogen) atoms. The highest BCUT2D eigenvalue weighted by atomic mass is 16.2. The van der Waals surface area contributed by atoms with Crippen LogP contribution in [0.3, 0.4) is 0 Å². The van der Waals surface area contributed by atoms with Crippen LogP contribution >= 0.6 is 0 Å². The van der Waals surface area contributed by atoms with E-state index in [-0.39, 0.29) is 18.4 Å². The molecular formula is C23H31N3O2. The monoisotopic (exact) mass is 381 g/mol. The standard InChI is InChI=1S/C23H31N3O2/c1-6-25(7-2)23(28)19-10-9-11-20(15-19)24-22(27)16-26(8-3)21-13-12-17(4)14-18(21)5/h9-15H,6-8,16H2,1-5H3,(H,24,27). The molecule has 0 aliphatic rings. The second-order valence-corrected chi connectivity index (χ2v) is 6.91. The van der Waals surface area contributed by atoms with Gasteiger partial charge in [0.25, 0.3) is 5.91 Å². The molecule has 2 aromatic rings. The van der Waals surface area contributed by atoms with Crippen LogP contribution < -0.4 is 10.2 Å². The lowest BCUT2D eigenvalue weighted by Crippen LogP contribution is -2.33. The van der Waals surface area contributed by atoms with E-state index in [1.807, 2.05) is 26.8 Å². The van der Waals surface area contributed by atoms with E-state index >= 15 is 0 Å². The third-order valence-corrected chi connectivity index (χ3v) is 4.85. The van der Waals surface area contributed by atoms with E-state index in [0.717, 1.165) is 17.8 Å². The van der Waals surface area contributed by atoms with E-state index in [0.29, 0.717) is 24.3 Å². The first-order valence-electron chi connectivity index (χ1n) is 9.90. The molecular weight excluding hydrogens is 350 g/mol. The zero-order chi connectivity index (χ0) is 20.7. The van der Waals surface area contributed by atoms with Gasteiger partial charge in [-0.15, -0.1) is 0 Å². The lowest BCUT2D eigenvalue weighted by Gasteiger charge is -2.24. The summed E-state index contributed by atoms with van der Waals surface area (Å²) in [6, 6.07) is 13.4. The first-order chi connectivity index (χ1) is 13.4. The number of anilines is 2. The summed E-state index contributed by atoms with van der Waals surface area (Å²) in [4.78, 5) is 29.0. The molecule has 0 atom stereocenters. The molecule has 2 amide bonds. The van der Waals surface area contributed by atoms with Crippen molar-refractivity contribution in [2.24, 2.45) is 0 Å². The van der Waals surface area contributed by atoms with Crippen LogP contribution in [0.4, 0.5) is 11.4 Å². The van der Waals surface area contributed by atoms with E-state index in [4.69, 9.17) is 0 Å². The van der Waals surface area contributed by atoms with Gasteiger partial charge in [-0.3, -0.25) is 9.59 Å². The number of amides is 2. The first kappa shape index (κ1) is 21.5. The summed E-state index contributed by atoms with van der Waals surface area (Å²) in [5.41, 5.74) is 4.65. The second-order valence-electron chi connectivity index (χ2n) is 6.91. The van der Waals surface area contributed by atoms with E-state index < -0.39 is 0 Å². The largest absolute Gasteiger partial charge is 0.362 e. The maximum Gasteiger partial charge on any atom is 0.253 e. The lowest BCUT2D eigenvalue weighted by molar-refractivity contribution is -0.115. The van der Waals surface area contributed by atoms with E-state index in [1.54, 1.807) is 23.1 Å². The number of carbonyl (C=O) groups is 2. The Kier molecular flexibility index (Phi) is 7.61. The average molecular weight is 382 g/mol. The van der Waals surface area contributed by atoms with Gasteiger partial charge < -0.3 is 15.1 Å². The molecule has 0 saturated carbocycles. The fraction of sp³-hybridized carbons (Fsp3) is 0.391. The Balaban J connectivity index is 2.09. The molecule has 0 aliphatic heterocycles. The Hall–Kier alpha value is -2.82. The molecule has 0 aliphatic carbocycles. The minimum Gasteiger partial charge on any atom is -0.362 e. The third-order valence-electron chi connectivity index (χ3n) is 4.85. The van der Waals surface area contributed by atoms with Crippen LogP contribution in [0.5, 0.6) is 0 Å². The maximum atomic E-state index is 12.6. The summed E-state index contributed by atoms with van der Waals surface area (Å²) in [5, 5.41) is 2.93. The van der Waals surface area contributed by atoms with Gasteiger partial charge in [0.1, 0.15) is 0 Å². The Morgan fingerprint density at radius 3 is 2.25 bits per heavy atom. The molecule has 0 fully saturated rings. The predicted molar refractivity (Wildman–Crippen MR) is 116 cm³/mol. The normalized spacial score (nSPS) is 10.5. The van der Waals surface area contributed by atoms with Crippen molar-refractivity contribution in [3.63, 3.8) is 0 Å². The topological polar surface area (TPSA) is 52.7 Å². The smallest absolute Gasteiger partial charge is 0.253 e. The number of benzene rings is 2. The summed E-state index contributed by atoms with van der Waals surface area (Å²) in [5.74, 6) is -0.124. The van der Waals surface area contributed by atoms with E-state index in [2.05, 4.69) is 42.3 Å². The Bertz CT molecular complexity index is 828. The molecule has 150 valence electrons. The predicted octanol–water partition coefficient (Wildman–Crippen LogP) is 4.25. The molecule has 2 rings (SSSR count). The van der Waals surface area contributed by atoms with Gasteiger partial charge in [-0.05, 0) is 64.4 Å². The number of aryl methyl sites for hydroxylation is 2. The van der Waals surface area contributed by atoms with Gasteiger partial charge in [0.15, 0.2) is 0 Å². The number of hydrogen-bond donors (Lipinski definition) is 1. The maximum absolute atomic E-state index is 12.6. The number of carbonyl (C=O) groups excluding carboxylic acids is 2. The molecule has 5 heteroatoms. The molecule has 0 unspecified atom stereocenters. The molecule has 2 aromatic carbocycles. The average Bonchev–Trinajstić information content (AvgIpc) is 2.67. The van der Waals surface area contributed by atoms with Crippen LogP contribution in [0, 0.1) is 13.8 Å². The SMILES string of the molecule is CCN(CC)C(=O)c1cccc(NC(=O)CN(CC)c2ccc(C)cc2C)c1. The fourth-order valence-electron chi connectivity index (χ4n) is 3.32. The van der Waals surface area contributed by atoms with Crippen molar-refractivity contribution in [2.45, 2.75) is 34.6 Å². The second kappa shape index (κ2) is 9.93. The summed E-state index contributed by atoms with van der Waals surface area (Å²) in [6.07, 6.45) is 0. The first-order valence-corrected chi connectivity index (χ1v) is 9.90. The van der Waals surface area contributed by atoms with E-state index in [1.165, 1.54) is 5.56 Å². The Morgan fingerprint density at radius 2 is 1.64 bits per heavy atom. The van der Waals surface area contributed by atoms with Gasteiger partial charge in [-0.25, -0.2) is 0 Å². The van der Waals surface area contributed by atoms with Gasteiger partial charge in [0, 0.05) is 36.6 Å². The highest BCUT2D eigenvalue weighted by Gasteiger charge is 2.15. The van der Waals surface area contributed by atoms with Crippen molar-refractivity contribution in [1.29, 1.82) is 0 Å². The summed E-state index contributed by atoms with van der Waals surface area (Å²) in [6.45, 7) is 12.4. The zero-order valence-corrected chi connectivity index (χ0v) is 17.6. The van der Waals surface area contributed by atoms with Crippen molar-refractivity contribution < 1.29 is 9.59 Å². The van der Waals surface area contributed by atoms with Gasteiger partial charge in [-0.2, -0.15) is 0 Å². The van der Waals surface area contributed by atoms with Gasteiger partial charge >= 0.3 is 0 Å². The third kappa shape index (κ3) is 5.35. The van der Waals surface area contributed by atoms with Crippen molar-refractivity contribution in [3.05, 3.63) is 59.2 Å². The van der Waals surface area contributed by atoms with Gasteiger partial charge in [0.2, 0.25) is 5.91 Å². The van der Waals surface area contributed by atoms with Gasteiger partial charge in [0.05, 0.1) is 6.54 Å². The van der Waals surface area contributed by atoms with Crippen LogP contribution in [-0.4, -0.2) is 42.9 Å². The molecule has 1 N–H and O–H groups in total. The molecule has 0 heterocycles. The summed E-state index contributed by atoms with van der Waals surface area (Å²) < 4.78 is 0. The molecule has 0 saturated heterocycles. The quantitative estimate of drug-likeness (QED) is 0.744. The number of rotatable bonds is 8. The van der Waals surface area contributed by atoms with Crippen LogP contribution in [0.2, 0.25) is 0 Å². The Labute approximate surface area is 168 Å². The van der Waals surface area contributed by atoms with Crippen LogP contribution in [-0.2, 0) is 4.79 Å². The lowest BCUT2D eigenvalue weighted by atomic mass is 10.1. The minimum absolute atomic E-state index is 0.0217. The molecule has 0 spiro atoms. The van der Waals surface area contributed by atoms with Crippen molar-refractivity contribution in [3.8, 4) is 0 Å². The van der Waals surface area contributed by atoms with Crippen molar-refractivity contribution in [2.75, 3.05) is 36.4 Å². The van der Waals surface area contributed by atoms with Crippen molar-refractivity contribution in [1.82, 2.24) is 4.90 Å². The minimum atomic E-state index is -0.103. The number of likely N-dealkylation sites (N-methyl/N-ethyl adjacent to an activating group) is 1. The molecule has 5 nitrogen and oxygen atoms in total. The van der Waals surface area contributed by atoms with Crippen LogP contribution in [0.15, 0.2) is 42.5 Å². The zero-order valence-electron chi connectivity index (χ0n) is 17.6. The van der Waals surface area contributed by atoms with E-state index in [9.17, 15) is 9.59 Å². The number of hydrogen-bond acceptors (Lipinski definition) is 3. The van der Waals surface area contributed by atoms with Crippen LogP contribution in [0.1, 0.15) is 42.3 Å². The fourth-order valence-corrected chi connectivity index (χ4v) is 3.32. The summed E-state index contributed by atoms with van der Waals surface area (Å²) >= 11 is 0. The van der Waals surface area contributed by atoms with Crippen LogP contribution in [0.25, 0.3) is 0 Å². The van der Waals surface area contributed by atoms with Crippen molar-refractivity contribution >= 4 is 23.2 Å². The summed E-state index contributed by atoms with van der Waals surface area (Å²) in [7, 11) is 0. The molecule has 0 aromatic heterocycles. The molecule has 0 bridgehead atoms. The highest BCUT2D eigenvalue weighted by Crippen LogP contribution is 2.21. The number of nitrogens with one attached hydrogen (secondary N) is 1. The highest BCUT2D eigenvalue weighted by molar-refractivity contribution is 5.98. The molecule has 0 radical (unpaired) electrons.